The number of rotatable bonds is 11. The Labute approximate surface area is 231 Å². The van der Waals surface area contributed by atoms with Crippen molar-refractivity contribution in [2.24, 2.45) is 11.8 Å². The minimum absolute atomic E-state index is 0.0888. The lowest BCUT2D eigenvalue weighted by Crippen LogP contribution is -2.36. The van der Waals surface area contributed by atoms with Gasteiger partial charge in [-0.3, -0.25) is 9.63 Å². The summed E-state index contributed by atoms with van der Waals surface area (Å²) >= 11 is 6.50. The Morgan fingerprint density at radius 3 is 2.71 bits per heavy atom. The number of benzene rings is 2. The SMILES string of the molecule is CC(CCC(=O)c1ccc2nc(Nc3cc(CNOC4(C)CCCCC4)ccc3Cl)[nH]c2c1)C1CCCC1. The Morgan fingerprint density at radius 2 is 1.92 bits per heavy atom. The summed E-state index contributed by atoms with van der Waals surface area (Å²) in [6.07, 6.45) is 12.8. The van der Waals surface area contributed by atoms with E-state index in [-0.39, 0.29) is 11.4 Å². The minimum atomic E-state index is -0.0888. The first-order chi connectivity index (χ1) is 18.4. The van der Waals surface area contributed by atoms with Gasteiger partial charge in [-0.2, -0.15) is 5.48 Å². The molecule has 5 rings (SSSR count). The highest BCUT2D eigenvalue weighted by Crippen LogP contribution is 2.34. The van der Waals surface area contributed by atoms with Crippen molar-refractivity contribution >= 4 is 40.1 Å². The number of Topliss-reactive ketones (excluding diaryl/α,β-unsaturated/α-hetero) is 1. The second-order valence-corrected chi connectivity index (χ2v) is 12.1. The predicted molar refractivity (Wildman–Crippen MR) is 155 cm³/mol. The zero-order valence-electron chi connectivity index (χ0n) is 22.7. The van der Waals surface area contributed by atoms with Crippen molar-refractivity contribution in [3.8, 4) is 0 Å². The van der Waals surface area contributed by atoms with E-state index in [0.717, 1.165) is 53.0 Å². The number of aromatic nitrogens is 2. The lowest BCUT2D eigenvalue weighted by molar-refractivity contribution is -0.117. The van der Waals surface area contributed by atoms with Gasteiger partial charge in [-0.15, -0.1) is 0 Å². The molecule has 2 aliphatic carbocycles. The first-order valence-electron chi connectivity index (χ1n) is 14.4. The van der Waals surface area contributed by atoms with Crippen molar-refractivity contribution < 1.29 is 9.63 Å². The zero-order chi connectivity index (χ0) is 26.5. The molecule has 204 valence electrons. The van der Waals surface area contributed by atoms with Gasteiger partial charge in [0.15, 0.2) is 5.78 Å². The molecule has 3 aromatic rings. The van der Waals surface area contributed by atoms with E-state index < -0.39 is 0 Å². The molecule has 1 heterocycles. The molecule has 1 unspecified atom stereocenters. The summed E-state index contributed by atoms with van der Waals surface area (Å²) in [7, 11) is 0. The fourth-order valence-electron chi connectivity index (χ4n) is 6.11. The number of fused-ring (bicyclic) bond motifs is 1. The number of nitrogens with zero attached hydrogens (tertiary/aromatic N) is 1. The monoisotopic (exact) mass is 536 g/mol. The normalized spacial score (nSPS) is 18.6. The Hall–Kier alpha value is -2.41. The number of anilines is 2. The molecule has 3 N–H and O–H groups in total. The number of carbonyl (C=O) groups excluding carboxylic acids is 1. The van der Waals surface area contributed by atoms with E-state index in [9.17, 15) is 4.79 Å². The van der Waals surface area contributed by atoms with Crippen LogP contribution < -0.4 is 10.8 Å². The van der Waals surface area contributed by atoms with Crippen molar-refractivity contribution in [1.82, 2.24) is 15.4 Å². The molecule has 2 aliphatic rings. The third-order valence-electron chi connectivity index (χ3n) is 8.63. The summed E-state index contributed by atoms with van der Waals surface area (Å²) in [6.45, 7) is 5.08. The molecule has 2 fully saturated rings. The summed E-state index contributed by atoms with van der Waals surface area (Å²) in [4.78, 5) is 26.9. The molecule has 0 radical (unpaired) electrons. The van der Waals surface area contributed by atoms with E-state index in [1.807, 2.05) is 36.4 Å². The van der Waals surface area contributed by atoms with Gasteiger partial charge >= 0.3 is 0 Å². The molecular weight excluding hydrogens is 496 g/mol. The van der Waals surface area contributed by atoms with Crippen LogP contribution >= 0.6 is 11.6 Å². The van der Waals surface area contributed by atoms with Crippen LogP contribution in [0.3, 0.4) is 0 Å². The average molecular weight is 537 g/mol. The predicted octanol–water partition coefficient (Wildman–Crippen LogP) is 8.49. The Kier molecular flexibility index (Phi) is 8.71. The van der Waals surface area contributed by atoms with Gasteiger partial charge in [0, 0.05) is 18.5 Å². The third kappa shape index (κ3) is 6.77. The molecule has 1 aromatic heterocycles. The molecule has 2 saturated carbocycles. The number of hydrogen-bond donors (Lipinski definition) is 3. The van der Waals surface area contributed by atoms with E-state index in [0.29, 0.717) is 29.9 Å². The van der Waals surface area contributed by atoms with Crippen LogP contribution in [0.4, 0.5) is 11.6 Å². The molecule has 2 aromatic carbocycles. The number of H-pyrrole nitrogens is 1. The quantitative estimate of drug-likeness (QED) is 0.169. The van der Waals surface area contributed by atoms with Crippen LogP contribution in [0, 0.1) is 11.8 Å². The number of hydroxylamine groups is 1. The van der Waals surface area contributed by atoms with Crippen molar-refractivity contribution in [3.05, 3.63) is 52.5 Å². The number of nitrogens with one attached hydrogen (secondary N) is 3. The fourth-order valence-corrected chi connectivity index (χ4v) is 6.27. The number of hydrogen-bond acceptors (Lipinski definition) is 5. The first kappa shape index (κ1) is 27.2. The second-order valence-electron chi connectivity index (χ2n) is 11.7. The fraction of sp³-hybridized carbons (Fsp3) is 0.548. The Morgan fingerprint density at radius 1 is 1.13 bits per heavy atom. The second kappa shape index (κ2) is 12.2. The highest BCUT2D eigenvalue weighted by molar-refractivity contribution is 6.33. The van der Waals surface area contributed by atoms with Gasteiger partial charge in [0.25, 0.3) is 0 Å². The maximum atomic E-state index is 12.9. The smallest absolute Gasteiger partial charge is 0.205 e. The van der Waals surface area contributed by atoms with Crippen molar-refractivity contribution in [3.63, 3.8) is 0 Å². The average Bonchev–Trinajstić information content (AvgIpc) is 3.59. The van der Waals surface area contributed by atoms with E-state index in [4.69, 9.17) is 16.4 Å². The van der Waals surface area contributed by atoms with Crippen LogP contribution in [0.1, 0.15) is 100 Å². The molecule has 0 aliphatic heterocycles. The summed E-state index contributed by atoms with van der Waals surface area (Å²) in [6, 6.07) is 11.6. The largest absolute Gasteiger partial charge is 0.324 e. The summed E-state index contributed by atoms with van der Waals surface area (Å²) in [5.41, 5.74) is 7.30. The van der Waals surface area contributed by atoms with Crippen molar-refractivity contribution in [1.29, 1.82) is 0 Å². The highest BCUT2D eigenvalue weighted by atomic mass is 35.5. The van der Waals surface area contributed by atoms with E-state index in [1.165, 1.54) is 44.9 Å². The first-order valence-corrected chi connectivity index (χ1v) is 14.8. The van der Waals surface area contributed by atoms with Gasteiger partial charge in [-0.25, -0.2) is 4.98 Å². The van der Waals surface area contributed by atoms with Crippen LogP contribution in [0.15, 0.2) is 36.4 Å². The summed E-state index contributed by atoms with van der Waals surface area (Å²) in [5, 5.41) is 3.93. The van der Waals surface area contributed by atoms with Crippen LogP contribution in [0.25, 0.3) is 11.0 Å². The van der Waals surface area contributed by atoms with E-state index >= 15 is 0 Å². The lowest BCUT2D eigenvalue weighted by Gasteiger charge is -2.33. The number of carbonyl (C=O) groups is 1. The molecule has 6 nitrogen and oxygen atoms in total. The van der Waals surface area contributed by atoms with Crippen LogP contribution in [-0.2, 0) is 11.4 Å². The molecule has 1 atom stereocenters. The Balaban J connectivity index is 1.19. The molecule has 7 heteroatoms. The minimum Gasteiger partial charge on any atom is -0.324 e. The molecular formula is C31H41ClN4O2. The third-order valence-corrected chi connectivity index (χ3v) is 8.95. The van der Waals surface area contributed by atoms with Gasteiger partial charge in [0.1, 0.15) is 0 Å². The number of aromatic amines is 1. The zero-order valence-corrected chi connectivity index (χ0v) is 23.5. The van der Waals surface area contributed by atoms with Crippen molar-refractivity contribution in [2.45, 2.75) is 96.6 Å². The topological polar surface area (TPSA) is 79.0 Å². The van der Waals surface area contributed by atoms with Gasteiger partial charge in [-0.05, 0) is 73.9 Å². The molecule has 0 spiro atoms. The number of imidazole rings is 1. The van der Waals surface area contributed by atoms with Gasteiger partial charge < -0.3 is 10.3 Å². The van der Waals surface area contributed by atoms with E-state index in [1.54, 1.807) is 0 Å². The maximum Gasteiger partial charge on any atom is 0.205 e. The van der Waals surface area contributed by atoms with Gasteiger partial charge in [-0.1, -0.05) is 69.5 Å². The summed E-state index contributed by atoms with van der Waals surface area (Å²) in [5.74, 6) is 2.21. The van der Waals surface area contributed by atoms with Crippen LogP contribution in [0.2, 0.25) is 5.02 Å². The van der Waals surface area contributed by atoms with Crippen LogP contribution in [0.5, 0.6) is 0 Å². The van der Waals surface area contributed by atoms with Gasteiger partial charge in [0.2, 0.25) is 5.95 Å². The van der Waals surface area contributed by atoms with E-state index in [2.05, 4.69) is 34.6 Å². The van der Waals surface area contributed by atoms with Crippen LogP contribution in [-0.4, -0.2) is 21.4 Å². The standard InChI is InChI=1S/C31H41ClN4O2/c1-21(23-8-4-5-9-23)10-15-29(37)24-12-14-26-28(19-24)36-30(34-26)35-27-18-22(11-13-25(27)32)20-33-38-31(2)16-6-3-7-17-31/h11-14,18-19,21,23,33H,3-10,15-17,20H2,1-2H3,(H2,34,35,36). The summed E-state index contributed by atoms with van der Waals surface area (Å²) < 4.78 is 0. The molecule has 0 amide bonds. The highest BCUT2D eigenvalue weighted by Gasteiger charge is 2.28. The lowest BCUT2D eigenvalue weighted by atomic mass is 9.87. The number of halogens is 1. The molecule has 38 heavy (non-hydrogen) atoms. The Bertz CT molecular complexity index is 1240. The maximum absolute atomic E-state index is 12.9. The van der Waals surface area contributed by atoms with Crippen molar-refractivity contribution in [2.75, 3.05) is 5.32 Å². The molecule has 0 saturated heterocycles. The number of ketones is 1. The van der Waals surface area contributed by atoms with Gasteiger partial charge in [0.05, 0.1) is 27.3 Å². The molecule has 0 bridgehead atoms.